The highest BCUT2D eigenvalue weighted by Gasteiger charge is 2.32. The molecule has 0 spiro atoms. The van der Waals surface area contributed by atoms with Crippen molar-refractivity contribution in [1.29, 1.82) is 0 Å². The molecule has 0 saturated carbocycles. The van der Waals surface area contributed by atoms with Crippen molar-refractivity contribution in [2.24, 2.45) is 10.2 Å². The second-order valence-corrected chi connectivity index (χ2v) is 7.12. The average Bonchev–Trinajstić information content (AvgIpc) is 2.96. The molecular formula is C17H20N4O4S. The monoisotopic (exact) mass is 376 g/mol. The first-order valence-electron chi connectivity index (χ1n) is 8.30. The van der Waals surface area contributed by atoms with E-state index in [4.69, 9.17) is 9.84 Å². The van der Waals surface area contributed by atoms with Crippen LogP contribution in [-0.2, 0) is 20.9 Å². The summed E-state index contributed by atoms with van der Waals surface area (Å²) in [5, 5.41) is 19.1. The van der Waals surface area contributed by atoms with Crippen LogP contribution in [0.3, 0.4) is 0 Å². The first-order chi connectivity index (χ1) is 12.6. The van der Waals surface area contributed by atoms with Crippen molar-refractivity contribution >= 4 is 35.0 Å². The van der Waals surface area contributed by atoms with E-state index in [1.165, 1.54) is 0 Å². The van der Waals surface area contributed by atoms with E-state index < -0.39 is 11.2 Å². The van der Waals surface area contributed by atoms with Gasteiger partial charge in [0.2, 0.25) is 5.91 Å². The third-order valence-corrected chi connectivity index (χ3v) is 5.11. The predicted molar refractivity (Wildman–Crippen MR) is 99.3 cm³/mol. The Bertz CT molecular complexity index is 731. The molecule has 9 heteroatoms. The van der Waals surface area contributed by atoms with Gasteiger partial charge in [-0.1, -0.05) is 36.0 Å². The molecule has 2 heterocycles. The Labute approximate surface area is 155 Å². The highest BCUT2D eigenvalue weighted by Crippen LogP contribution is 2.22. The molecule has 0 bridgehead atoms. The third-order valence-electron chi connectivity index (χ3n) is 4.03. The predicted octanol–water partition coefficient (Wildman–Crippen LogP) is 0.915. The third kappa shape index (κ3) is 5.13. The van der Waals surface area contributed by atoms with Crippen LogP contribution in [-0.4, -0.2) is 64.8 Å². The number of carbonyl (C=O) groups excluding carboxylic acids is 1. The molecule has 2 saturated heterocycles. The first-order valence-corrected chi connectivity index (χ1v) is 9.18. The van der Waals surface area contributed by atoms with Gasteiger partial charge in [0.1, 0.15) is 5.25 Å². The van der Waals surface area contributed by atoms with Crippen LogP contribution in [0.15, 0.2) is 34.5 Å². The molecule has 1 atom stereocenters. The van der Waals surface area contributed by atoms with E-state index in [9.17, 15) is 9.59 Å². The van der Waals surface area contributed by atoms with Crippen LogP contribution < -0.4 is 5.32 Å². The van der Waals surface area contributed by atoms with Crippen LogP contribution in [0.4, 0.5) is 0 Å². The number of benzene rings is 1. The minimum atomic E-state index is -1.01. The van der Waals surface area contributed by atoms with Crippen molar-refractivity contribution in [3.63, 3.8) is 0 Å². The Balaban J connectivity index is 1.63. The number of hydrogen-bond acceptors (Lipinski definition) is 7. The van der Waals surface area contributed by atoms with Crippen LogP contribution in [0.2, 0.25) is 0 Å². The molecule has 1 amide bonds. The van der Waals surface area contributed by atoms with E-state index in [1.54, 1.807) is 6.21 Å². The van der Waals surface area contributed by atoms with Gasteiger partial charge in [0, 0.05) is 19.6 Å². The summed E-state index contributed by atoms with van der Waals surface area (Å²) in [5.41, 5.74) is 2.10. The molecule has 0 radical (unpaired) electrons. The van der Waals surface area contributed by atoms with Gasteiger partial charge in [0.25, 0.3) is 0 Å². The van der Waals surface area contributed by atoms with Gasteiger partial charge in [0.15, 0.2) is 5.17 Å². The molecule has 1 aromatic carbocycles. The molecule has 0 aliphatic carbocycles. The molecule has 2 aliphatic rings. The molecular weight excluding hydrogens is 356 g/mol. The fourth-order valence-electron chi connectivity index (χ4n) is 2.69. The summed E-state index contributed by atoms with van der Waals surface area (Å²) in [6, 6.07) is 7.95. The first kappa shape index (κ1) is 18.6. The number of morpholine rings is 1. The van der Waals surface area contributed by atoms with Crippen molar-refractivity contribution in [3.8, 4) is 0 Å². The number of amidine groups is 1. The zero-order valence-electron chi connectivity index (χ0n) is 14.1. The van der Waals surface area contributed by atoms with Crippen LogP contribution in [0, 0.1) is 0 Å². The standard InChI is InChI=1S/C17H20N4O4S/c22-15(23)9-14-16(24)19-17(26-14)20-18-10-12-3-1-2-4-13(12)11-21-5-7-25-8-6-21/h1-4,10,14H,5-9,11H2,(H,22,23)(H,19,20,24). The molecule has 138 valence electrons. The minimum absolute atomic E-state index is 0.235. The van der Waals surface area contributed by atoms with Gasteiger partial charge in [0.05, 0.1) is 25.8 Å². The van der Waals surface area contributed by atoms with Crippen LogP contribution in [0.1, 0.15) is 17.5 Å². The van der Waals surface area contributed by atoms with Gasteiger partial charge in [-0.25, -0.2) is 0 Å². The number of thioether (sulfide) groups is 1. The maximum absolute atomic E-state index is 11.7. The Morgan fingerprint density at radius 3 is 2.92 bits per heavy atom. The number of amides is 1. The number of hydrogen-bond donors (Lipinski definition) is 2. The topological polar surface area (TPSA) is 104 Å². The summed E-state index contributed by atoms with van der Waals surface area (Å²) in [4.78, 5) is 24.7. The van der Waals surface area contributed by atoms with Crippen molar-refractivity contribution in [1.82, 2.24) is 10.2 Å². The normalized spacial score (nSPS) is 22.8. The van der Waals surface area contributed by atoms with Gasteiger partial charge in [-0.15, -0.1) is 5.10 Å². The average molecular weight is 376 g/mol. The molecule has 2 N–H and O–H groups in total. The summed E-state index contributed by atoms with van der Waals surface area (Å²) >= 11 is 1.09. The fourth-order valence-corrected chi connectivity index (χ4v) is 3.61. The molecule has 1 aromatic rings. The highest BCUT2D eigenvalue weighted by atomic mass is 32.2. The number of nitrogens with one attached hydrogen (secondary N) is 1. The molecule has 2 aliphatic heterocycles. The lowest BCUT2D eigenvalue weighted by atomic mass is 10.1. The smallest absolute Gasteiger partial charge is 0.305 e. The second-order valence-electron chi connectivity index (χ2n) is 5.93. The number of carbonyl (C=O) groups is 2. The van der Waals surface area contributed by atoms with Crippen LogP contribution in [0.5, 0.6) is 0 Å². The lowest BCUT2D eigenvalue weighted by Crippen LogP contribution is -2.35. The lowest BCUT2D eigenvalue weighted by Gasteiger charge is -2.27. The number of rotatable bonds is 6. The Morgan fingerprint density at radius 2 is 2.15 bits per heavy atom. The number of carboxylic acid groups (broad SMARTS) is 1. The fraction of sp³-hybridized carbons (Fsp3) is 0.412. The van der Waals surface area contributed by atoms with Gasteiger partial charge < -0.3 is 15.2 Å². The number of ether oxygens (including phenoxy) is 1. The van der Waals surface area contributed by atoms with E-state index in [-0.39, 0.29) is 12.3 Å². The number of carboxylic acids is 1. The molecule has 8 nitrogen and oxygen atoms in total. The van der Waals surface area contributed by atoms with E-state index in [0.717, 1.165) is 55.7 Å². The van der Waals surface area contributed by atoms with Gasteiger partial charge in [-0.3, -0.25) is 14.5 Å². The Hall–Kier alpha value is -2.23. The van der Waals surface area contributed by atoms with Gasteiger partial charge in [-0.2, -0.15) is 5.10 Å². The highest BCUT2D eigenvalue weighted by molar-refractivity contribution is 8.15. The SMILES string of the molecule is O=C(O)CC1SC(=NN=Cc2ccccc2CN2CCOCC2)NC1=O. The summed E-state index contributed by atoms with van der Waals surface area (Å²) in [6.07, 6.45) is 1.42. The van der Waals surface area contributed by atoms with E-state index in [1.807, 2.05) is 18.2 Å². The van der Waals surface area contributed by atoms with Crippen molar-refractivity contribution in [3.05, 3.63) is 35.4 Å². The van der Waals surface area contributed by atoms with Gasteiger partial charge in [-0.05, 0) is 11.1 Å². The molecule has 1 unspecified atom stereocenters. The second kappa shape index (κ2) is 8.93. The van der Waals surface area contributed by atoms with Crippen molar-refractivity contribution in [2.75, 3.05) is 26.3 Å². The largest absolute Gasteiger partial charge is 0.481 e. The summed E-state index contributed by atoms with van der Waals surface area (Å²) in [7, 11) is 0. The zero-order valence-corrected chi connectivity index (χ0v) is 14.9. The van der Waals surface area contributed by atoms with E-state index in [0.29, 0.717) is 5.17 Å². The molecule has 26 heavy (non-hydrogen) atoms. The minimum Gasteiger partial charge on any atom is -0.481 e. The Morgan fingerprint density at radius 1 is 1.38 bits per heavy atom. The molecule has 2 fully saturated rings. The summed E-state index contributed by atoms with van der Waals surface area (Å²) in [5.74, 6) is -1.36. The molecule has 0 aromatic heterocycles. The lowest BCUT2D eigenvalue weighted by molar-refractivity contribution is -0.138. The maximum atomic E-state index is 11.7. The van der Waals surface area contributed by atoms with Crippen molar-refractivity contribution < 1.29 is 19.4 Å². The van der Waals surface area contributed by atoms with E-state index in [2.05, 4.69) is 26.5 Å². The van der Waals surface area contributed by atoms with E-state index >= 15 is 0 Å². The number of aliphatic carboxylic acids is 1. The van der Waals surface area contributed by atoms with Crippen LogP contribution in [0.25, 0.3) is 0 Å². The number of nitrogens with zero attached hydrogens (tertiary/aromatic N) is 3. The van der Waals surface area contributed by atoms with Crippen molar-refractivity contribution in [2.45, 2.75) is 18.2 Å². The summed E-state index contributed by atoms with van der Waals surface area (Å²) < 4.78 is 5.37. The zero-order chi connectivity index (χ0) is 18.4. The quantitative estimate of drug-likeness (QED) is 0.565. The summed E-state index contributed by atoms with van der Waals surface area (Å²) in [6.45, 7) is 4.12. The van der Waals surface area contributed by atoms with Gasteiger partial charge >= 0.3 is 5.97 Å². The Kier molecular flexibility index (Phi) is 6.37. The van der Waals surface area contributed by atoms with Crippen LogP contribution >= 0.6 is 11.8 Å². The maximum Gasteiger partial charge on any atom is 0.305 e. The molecule has 3 rings (SSSR count).